The van der Waals surface area contributed by atoms with Crippen molar-refractivity contribution in [3.05, 3.63) is 119 Å². The number of amides is 2. The molecule has 0 spiro atoms. The molecule has 1 aromatic heterocycles. The van der Waals surface area contributed by atoms with E-state index >= 15 is 0 Å². The quantitative estimate of drug-likeness (QED) is 0.211. The number of aryl methyl sites for hydroxylation is 1. The lowest BCUT2D eigenvalue weighted by molar-refractivity contribution is -0.110. The van der Waals surface area contributed by atoms with Crippen LogP contribution in [-0.2, 0) is 4.79 Å². The maximum atomic E-state index is 13.4. The normalized spacial score (nSPS) is 15.6. The number of pyridine rings is 1. The second kappa shape index (κ2) is 11.9. The van der Waals surface area contributed by atoms with E-state index in [4.69, 9.17) is 0 Å². The van der Waals surface area contributed by atoms with E-state index in [1.54, 1.807) is 60.8 Å². The van der Waals surface area contributed by atoms with Crippen molar-refractivity contribution in [3.8, 4) is 0 Å². The molecule has 9 heteroatoms. The molecule has 0 aliphatic carbocycles. The average Bonchev–Trinajstić information content (AvgIpc) is 3.34. The summed E-state index contributed by atoms with van der Waals surface area (Å²) in [5.74, 6) is -0.770. The predicted molar refractivity (Wildman–Crippen MR) is 170 cm³/mol. The fraction of sp³-hybridized carbons (Fsp3) is 0.176. The predicted octanol–water partition coefficient (Wildman–Crippen LogP) is 5.03. The summed E-state index contributed by atoms with van der Waals surface area (Å²) in [5.41, 5.74) is 6.44. The lowest BCUT2D eigenvalue weighted by Crippen LogP contribution is -2.44. The van der Waals surface area contributed by atoms with Crippen molar-refractivity contribution >= 4 is 45.9 Å². The summed E-state index contributed by atoms with van der Waals surface area (Å²) in [6.07, 6.45) is 3.21. The fourth-order valence-corrected chi connectivity index (χ4v) is 5.18. The van der Waals surface area contributed by atoms with Gasteiger partial charge < -0.3 is 25.8 Å². The number of aromatic nitrogens is 1. The summed E-state index contributed by atoms with van der Waals surface area (Å²) < 4.78 is 0. The monoisotopic (exact) mass is 572 g/mol. The molecule has 0 atom stereocenters. The Balaban J connectivity index is 1.13. The molecule has 2 aliphatic heterocycles. The summed E-state index contributed by atoms with van der Waals surface area (Å²) in [6.45, 7) is 5.95. The lowest BCUT2D eigenvalue weighted by Gasteiger charge is -2.34. The lowest BCUT2D eigenvalue weighted by atomic mass is 9.99. The summed E-state index contributed by atoms with van der Waals surface area (Å²) >= 11 is 0. The van der Waals surface area contributed by atoms with E-state index in [1.165, 1.54) is 11.9 Å². The van der Waals surface area contributed by atoms with Crippen LogP contribution in [0.25, 0.3) is 5.57 Å². The first-order chi connectivity index (χ1) is 20.8. The summed E-state index contributed by atoms with van der Waals surface area (Å²) in [4.78, 5) is 47.6. The first-order valence-corrected chi connectivity index (χ1v) is 14.2. The number of rotatable bonds is 7. The van der Waals surface area contributed by atoms with Crippen molar-refractivity contribution in [2.75, 3.05) is 54.1 Å². The van der Waals surface area contributed by atoms with Crippen LogP contribution in [0.5, 0.6) is 0 Å². The Labute approximate surface area is 250 Å². The van der Waals surface area contributed by atoms with Gasteiger partial charge in [-0.2, -0.15) is 0 Å². The maximum Gasteiger partial charge on any atom is 0.257 e. The molecular weight excluding hydrogens is 540 g/mol. The molecule has 0 unspecified atom stereocenters. The van der Waals surface area contributed by atoms with Crippen LogP contribution in [0.2, 0.25) is 0 Å². The van der Waals surface area contributed by atoms with E-state index < -0.39 is 0 Å². The number of carbonyl (C=O) groups excluding carboxylic acids is 3. The largest absolute Gasteiger partial charge is 0.369 e. The Hall–Kier alpha value is -5.28. The summed E-state index contributed by atoms with van der Waals surface area (Å²) in [5, 5.41) is 8.93. The molecule has 3 heterocycles. The Morgan fingerprint density at radius 3 is 2.35 bits per heavy atom. The Morgan fingerprint density at radius 2 is 1.60 bits per heavy atom. The van der Waals surface area contributed by atoms with Crippen molar-refractivity contribution in [2.24, 2.45) is 0 Å². The standard InChI is InChI=1S/C34H32N6O3/c1-22-6-7-25(20-35-22)33(42)37-27-5-3-4-23(18-27)32(41)24-8-13-29-30(34(43)38-31(29)19-24)21-36-26-9-11-28(12-10-26)40-16-14-39(2)15-17-40/h3-13,18-21,36H,14-17H2,1-2H3,(H,37,42)(H,38,43)/b30-21+. The van der Waals surface area contributed by atoms with Gasteiger partial charge in [0.1, 0.15) is 0 Å². The third kappa shape index (κ3) is 6.17. The van der Waals surface area contributed by atoms with Gasteiger partial charge in [0, 0.05) is 83.7 Å². The van der Waals surface area contributed by atoms with Gasteiger partial charge in [0.25, 0.3) is 11.8 Å². The van der Waals surface area contributed by atoms with Crippen molar-refractivity contribution in [2.45, 2.75) is 6.92 Å². The number of piperazine rings is 1. The molecule has 3 N–H and O–H groups in total. The summed E-state index contributed by atoms with van der Waals surface area (Å²) in [7, 11) is 2.14. The van der Waals surface area contributed by atoms with Gasteiger partial charge in [-0.1, -0.05) is 24.3 Å². The highest BCUT2D eigenvalue weighted by molar-refractivity contribution is 6.32. The minimum Gasteiger partial charge on any atom is -0.369 e. The average molecular weight is 573 g/mol. The van der Waals surface area contributed by atoms with Crippen LogP contribution >= 0.6 is 0 Å². The van der Waals surface area contributed by atoms with Gasteiger partial charge in [-0.3, -0.25) is 19.4 Å². The topological polar surface area (TPSA) is 107 Å². The molecule has 2 amide bonds. The number of benzene rings is 3. The van der Waals surface area contributed by atoms with Gasteiger partial charge in [-0.25, -0.2) is 0 Å². The smallest absolute Gasteiger partial charge is 0.257 e. The molecule has 1 saturated heterocycles. The molecule has 1 fully saturated rings. The van der Waals surface area contributed by atoms with Crippen LogP contribution in [0, 0.1) is 6.92 Å². The zero-order valence-corrected chi connectivity index (χ0v) is 24.1. The molecule has 216 valence electrons. The third-order valence-corrected chi connectivity index (χ3v) is 7.74. The number of anilines is 4. The van der Waals surface area contributed by atoms with Gasteiger partial charge >= 0.3 is 0 Å². The highest BCUT2D eigenvalue weighted by Crippen LogP contribution is 2.33. The van der Waals surface area contributed by atoms with Crippen LogP contribution in [0.1, 0.15) is 37.5 Å². The van der Waals surface area contributed by atoms with Gasteiger partial charge in [0.2, 0.25) is 0 Å². The number of likely N-dealkylation sites (N-methyl/N-ethyl adjacent to an activating group) is 1. The van der Waals surface area contributed by atoms with Crippen molar-refractivity contribution < 1.29 is 14.4 Å². The number of hydrogen-bond donors (Lipinski definition) is 3. The van der Waals surface area contributed by atoms with E-state index in [2.05, 4.69) is 49.9 Å². The molecule has 6 rings (SSSR count). The highest BCUT2D eigenvalue weighted by Gasteiger charge is 2.25. The van der Waals surface area contributed by atoms with E-state index in [0.717, 1.165) is 43.1 Å². The number of nitrogens with zero attached hydrogens (tertiary/aromatic N) is 3. The Kier molecular flexibility index (Phi) is 7.72. The highest BCUT2D eigenvalue weighted by atomic mass is 16.2. The van der Waals surface area contributed by atoms with E-state index in [0.29, 0.717) is 33.6 Å². The van der Waals surface area contributed by atoms with Crippen LogP contribution in [0.3, 0.4) is 0 Å². The molecule has 9 nitrogen and oxygen atoms in total. The minimum atomic E-state index is -0.309. The fourth-order valence-electron chi connectivity index (χ4n) is 5.18. The minimum absolute atomic E-state index is 0.221. The SMILES string of the molecule is Cc1ccc(C(=O)Nc2cccc(C(=O)c3ccc4c(c3)NC(=O)/C4=C/Nc3ccc(N4CCN(C)CC4)cc3)c2)cn1. The molecule has 3 aromatic carbocycles. The zero-order valence-electron chi connectivity index (χ0n) is 24.1. The third-order valence-electron chi connectivity index (χ3n) is 7.74. The van der Waals surface area contributed by atoms with Crippen molar-refractivity contribution in [3.63, 3.8) is 0 Å². The van der Waals surface area contributed by atoms with Crippen molar-refractivity contribution in [1.82, 2.24) is 9.88 Å². The molecule has 0 saturated carbocycles. The van der Waals surface area contributed by atoms with Crippen LogP contribution in [0.15, 0.2) is 91.3 Å². The maximum absolute atomic E-state index is 13.4. The van der Waals surface area contributed by atoms with Gasteiger partial charge in [-0.05, 0) is 68.6 Å². The molecule has 0 radical (unpaired) electrons. The zero-order chi connectivity index (χ0) is 29.9. The second-order valence-corrected chi connectivity index (χ2v) is 10.8. The molecular formula is C34H32N6O3. The van der Waals surface area contributed by atoms with Gasteiger partial charge in [0.15, 0.2) is 5.78 Å². The number of carbonyl (C=O) groups is 3. The van der Waals surface area contributed by atoms with E-state index in [9.17, 15) is 14.4 Å². The number of hydrogen-bond acceptors (Lipinski definition) is 7. The molecule has 4 aromatic rings. The number of fused-ring (bicyclic) bond motifs is 1. The van der Waals surface area contributed by atoms with Gasteiger partial charge in [-0.15, -0.1) is 0 Å². The van der Waals surface area contributed by atoms with E-state index in [-0.39, 0.29) is 17.6 Å². The Morgan fingerprint density at radius 1 is 0.860 bits per heavy atom. The first kappa shape index (κ1) is 27.9. The van der Waals surface area contributed by atoms with E-state index in [1.807, 2.05) is 19.1 Å². The number of ketones is 1. The first-order valence-electron chi connectivity index (χ1n) is 14.2. The van der Waals surface area contributed by atoms with Gasteiger partial charge in [0.05, 0.1) is 11.1 Å². The molecule has 43 heavy (non-hydrogen) atoms. The van der Waals surface area contributed by atoms with Crippen LogP contribution < -0.4 is 20.9 Å². The Bertz CT molecular complexity index is 1720. The van der Waals surface area contributed by atoms with Crippen LogP contribution in [0.4, 0.5) is 22.7 Å². The van der Waals surface area contributed by atoms with Crippen LogP contribution in [-0.4, -0.2) is 60.7 Å². The van der Waals surface area contributed by atoms with Crippen molar-refractivity contribution in [1.29, 1.82) is 0 Å². The molecule has 0 bridgehead atoms. The summed E-state index contributed by atoms with van der Waals surface area (Å²) in [6, 6.07) is 23.6. The second-order valence-electron chi connectivity index (χ2n) is 10.8. The molecule has 2 aliphatic rings. The number of nitrogens with one attached hydrogen (secondary N) is 3.